The second-order valence-corrected chi connectivity index (χ2v) is 6.21. The smallest absolute Gasteiger partial charge is 0.368 e. The maximum atomic E-state index is 12.8. The summed E-state index contributed by atoms with van der Waals surface area (Å²) in [4.78, 5) is 21.1. The number of halogens is 3. The van der Waals surface area contributed by atoms with E-state index in [9.17, 15) is 18.0 Å². The lowest BCUT2D eigenvalue weighted by molar-refractivity contribution is -0.141. The number of nitrogens with two attached hydrogens (primary N) is 1. The van der Waals surface area contributed by atoms with Gasteiger partial charge in [-0.3, -0.25) is 14.7 Å². The van der Waals surface area contributed by atoms with Gasteiger partial charge < -0.3 is 10.3 Å². The number of pyridine rings is 1. The van der Waals surface area contributed by atoms with E-state index in [1.807, 2.05) is 4.90 Å². The molecule has 3 rings (SSSR count). The first kappa shape index (κ1) is 18.3. The molecule has 26 heavy (non-hydrogen) atoms. The molecule has 10 heteroatoms. The molecule has 1 fully saturated rings. The topological polar surface area (TPSA) is 98.1 Å². The Hall–Kier alpha value is -2.49. The summed E-state index contributed by atoms with van der Waals surface area (Å²) in [6.07, 6.45) is -1.04. The molecule has 0 spiro atoms. The number of primary amides is 1. The highest BCUT2D eigenvalue weighted by molar-refractivity contribution is 5.80. The summed E-state index contributed by atoms with van der Waals surface area (Å²) in [5.74, 6) is -0.161. The monoisotopic (exact) mass is 369 g/mol. The Balaban J connectivity index is 1.84. The number of hydrogen-bond acceptors (Lipinski definition) is 6. The van der Waals surface area contributed by atoms with Crippen molar-refractivity contribution in [2.75, 3.05) is 6.54 Å². The minimum absolute atomic E-state index is 0.0346. The molecule has 2 aromatic rings. The van der Waals surface area contributed by atoms with Crippen molar-refractivity contribution in [3.8, 4) is 11.4 Å². The molecule has 0 aliphatic carbocycles. The lowest BCUT2D eigenvalue weighted by Crippen LogP contribution is -2.48. The number of alkyl halides is 3. The van der Waals surface area contributed by atoms with Gasteiger partial charge in [0, 0.05) is 11.8 Å². The van der Waals surface area contributed by atoms with E-state index in [0.717, 1.165) is 25.1 Å². The molecule has 1 amide bonds. The van der Waals surface area contributed by atoms with Crippen molar-refractivity contribution >= 4 is 5.91 Å². The largest absolute Gasteiger partial charge is 0.433 e. The molecule has 3 heterocycles. The summed E-state index contributed by atoms with van der Waals surface area (Å²) in [6, 6.07) is 1.44. The van der Waals surface area contributed by atoms with Gasteiger partial charge in [0.1, 0.15) is 5.69 Å². The predicted octanol–water partition coefficient (Wildman–Crippen LogP) is 2.55. The molecule has 1 saturated heterocycles. The highest BCUT2D eigenvalue weighted by Gasteiger charge is 2.34. The van der Waals surface area contributed by atoms with Crippen LogP contribution in [0.2, 0.25) is 0 Å². The average molecular weight is 369 g/mol. The van der Waals surface area contributed by atoms with Gasteiger partial charge in [-0.25, -0.2) is 0 Å². The van der Waals surface area contributed by atoms with Crippen LogP contribution in [0, 0.1) is 0 Å². The second-order valence-electron chi connectivity index (χ2n) is 6.21. The van der Waals surface area contributed by atoms with Gasteiger partial charge >= 0.3 is 6.18 Å². The van der Waals surface area contributed by atoms with Gasteiger partial charge in [0.2, 0.25) is 17.6 Å². The fourth-order valence-corrected chi connectivity index (χ4v) is 3.11. The third-order valence-electron chi connectivity index (χ3n) is 4.48. The van der Waals surface area contributed by atoms with Crippen LogP contribution in [0.15, 0.2) is 22.9 Å². The quantitative estimate of drug-likeness (QED) is 0.889. The Morgan fingerprint density at radius 1 is 1.42 bits per heavy atom. The van der Waals surface area contributed by atoms with E-state index in [-0.39, 0.29) is 23.3 Å². The third-order valence-corrected chi connectivity index (χ3v) is 4.48. The summed E-state index contributed by atoms with van der Waals surface area (Å²) in [5.41, 5.74) is 4.59. The maximum absolute atomic E-state index is 12.8. The van der Waals surface area contributed by atoms with E-state index in [0.29, 0.717) is 13.0 Å². The zero-order valence-corrected chi connectivity index (χ0v) is 14.0. The molecule has 2 aromatic heterocycles. The lowest BCUT2D eigenvalue weighted by Gasteiger charge is -2.36. The Morgan fingerprint density at radius 3 is 2.88 bits per heavy atom. The molecular formula is C16H18F3N5O2. The molecule has 2 N–H and O–H groups in total. The average Bonchev–Trinajstić information content (AvgIpc) is 3.10. The number of piperidine rings is 1. The highest BCUT2D eigenvalue weighted by atomic mass is 19.4. The molecule has 1 aliphatic rings. The fourth-order valence-electron chi connectivity index (χ4n) is 3.11. The van der Waals surface area contributed by atoms with E-state index in [1.165, 1.54) is 6.07 Å². The molecule has 0 bridgehead atoms. The first-order valence-corrected chi connectivity index (χ1v) is 8.19. The van der Waals surface area contributed by atoms with E-state index < -0.39 is 23.8 Å². The minimum atomic E-state index is -4.56. The molecule has 0 aromatic carbocycles. The predicted molar refractivity (Wildman–Crippen MR) is 84.5 cm³/mol. The zero-order chi connectivity index (χ0) is 18.9. The number of carbonyl (C=O) groups is 1. The summed E-state index contributed by atoms with van der Waals surface area (Å²) in [6.45, 7) is 2.45. The summed E-state index contributed by atoms with van der Waals surface area (Å²) in [7, 11) is 0. The SMILES string of the molecule is C[C@@H](c1nc(-c2ccnc(C(F)(F)F)c2)no1)N1CCCCC1C(N)=O. The lowest BCUT2D eigenvalue weighted by atomic mass is 9.99. The Labute approximate surface area is 147 Å². The number of carbonyl (C=O) groups excluding carboxylic acids is 1. The van der Waals surface area contributed by atoms with Gasteiger partial charge in [-0.1, -0.05) is 11.6 Å². The van der Waals surface area contributed by atoms with Crippen molar-refractivity contribution in [3.63, 3.8) is 0 Å². The number of amides is 1. The number of aromatic nitrogens is 3. The van der Waals surface area contributed by atoms with Crippen LogP contribution in [0.3, 0.4) is 0 Å². The highest BCUT2D eigenvalue weighted by Crippen LogP contribution is 2.31. The molecule has 0 radical (unpaired) electrons. The molecule has 2 atom stereocenters. The van der Waals surface area contributed by atoms with Gasteiger partial charge in [-0.2, -0.15) is 18.2 Å². The van der Waals surface area contributed by atoms with Crippen LogP contribution in [-0.4, -0.2) is 38.5 Å². The van der Waals surface area contributed by atoms with E-state index in [4.69, 9.17) is 10.3 Å². The van der Waals surface area contributed by atoms with Crippen LogP contribution < -0.4 is 5.73 Å². The standard InChI is InChI=1S/C16H18F3N5O2/c1-9(24-7-3-2-4-11(24)13(20)25)15-22-14(23-26-15)10-5-6-21-12(8-10)16(17,18)19/h5-6,8-9,11H,2-4,7H2,1H3,(H2,20,25)/t9-,11?/m0/s1. The van der Waals surface area contributed by atoms with E-state index >= 15 is 0 Å². The fraction of sp³-hybridized carbons (Fsp3) is 0.500. The van der Waals surface area contributed by atoms with E-state index in [2.05, 4.69) is 15.1 Å². The first-order chi connectivity index (χ1) is 12.3. The van der Waals surface area contributed by atoms with Gasteiger partial charge in [0.15, 0.2) is 0 Å². The van der Waals surface area contributed by atoms with Crippen molar-refractivity contribution in [3.05, 3.63) is 29.9 Å². The number of hydrogen-bond donors (Lipinski definition) is 1. The molecule has 7 nitrogen and oxygen atoms in total. The van der Waals surface area contributed by atoms with Crippen molar-refractivity contribution in [2.45, 2.75) is 44.4 Å². The minimum Gasteiger partial charge on any atom is -0.368 e. The van der Waals surface area contributed by atoms with Crippen molar-refractivity contribution in [2.24, 2.45) is 5.73 Å². The van der Waals surface area contributed by atoms with Crippen molar-refractivity contribution in [1.29, 1.82) is 0 Å². The molecular weight excluding hydrogens is 351 g/mol. The van der Waals surface area contributed by atoms with Crippen molar-refractivity contribution in [1.82, 2.24) is 20.0 Å². The number of nitrogens with zero attached hydrogens (tertiary/aromatic N) is 4. The molecule has 1 unspecified atom stereocenters. The Bertz CT molecular complexity index is 792. The van der Waals surface area contributed by atoms with Crippen LogP contribution in [-0.2, 0) is 11.0 Å². The van der Waals surface area contributed by atoms with Crippen LogP contribution in [0.5, 0.6) is 0 Å². The summed E-state index contributed by atoms with van der Waals surface area (Å²) < 4.78 is 43.6. The first-order valence-electron chi connectivity index (χ1n) is 8.19. The summed E-state index contributed by atoms with van der Waals surface area (Å²) in [5, 5.41) is 3.77. The Kier molecular flexibility index (Phi) is 4.94. The zero-order valence-electron chi connectivity index (χ0n) is 14.0. The Morgan fingerprint density at radius 2 is 2.19 bits per heavy atom. The number of likely N-dealkylation sites (tertiary alicyclic amines) is 1. The molecule has 0 saturated carbocycles. The van der Waals surface area contributed by atoms with Crippen LogP contribution in [0.4, 0.5) is 13.2 Å². The molecule has 1 aliphatic heterocycles. The second kappa shape index (κ2) is 7.02. The van der Waals surface area contributed by atoms with Crippen LogP contribution >= 0.6 is 0 Å². The van der Waals surface area contributed by atoms with Gasteiger partial charge in [0.05, 0.1) is 12.1 Å². The molecule has 140 valence electrons. The maximum Gasteiger partial charge on any atom is 0.433 e. The van der Waals surface area contributed by atoms with Crippen LogP contribution in [0.1, 0.15) is 43.8 Å². The normalized spacial score (nSPS) is 20.1. The van der Waals surface area contributed by atoms with Gasteiger partial charge in [-0.15, -0.1) is 0 Å². The summed E-state index contributed by atoms with van der Waals surface area (Å²) >= 11 is 0. The van der Waals surface area contributed by atoms with Gasteiger partial charge in [-0.05, 0) is 38.4 Å². The van der Waals surface area contributed by atoms with Gasteiger partial charge in [0.25, 0.3) is 0 Å². The van der Waals surface area contributed by atoms with Crippen molar-refractivity contribution < 1.29 is 22.5 Å². The van der Waals surface area contributed by atoms with E-state index in [1.54, 1.807) is 6.92 Å². The van der Waals surface area contributed by atoms with Crippen LogP contribution in [0.25, 0.3) is 11.4 Å². The third kappa shape index (κ3) is 3.69. The number of rotatable bonds is 4.